The summed E-state index contributed by atoms with van der Waals surface area (Å²) in [6.07, 6.45) is 11.1. The number of likely N-dealkylation sites (tertiary alicyclic amines) is 1. The molecule has 20 heavy (non-hydrogen) atoms. The number of hydrogen-bond donors (Lipinski definition) is 1. The van der Waals surface area contributed by atoms with E-state index < -0.39 is 0 Å². The molecule has 0 radical (unpaired) electrons. The summed E-state index contributed by atoms with van der Waals surface area (Å²) >= 11 is 0. The molecule has 2 heteroatoms. The van der Waals surface area contributed by atoms with Crippen LogP contribution in [0.3, 0.4) is 0 Å². The molecule has 1 saturated heterocycles. The van der Waals surface area contributed by atoms with Gasteiger partial charge in [0.25, 0.3) is 0 Å². The van der Waals surface area contributed by atoms with E-state index in [4.69, 9.17) is 5.73 Å². The molecule has 1 aliphatic heterocycles. The Morgan fingerprint density at radius 1 is 1.15 bits per heavy atom. The molecule has 0 aromatic carbocycles. The van der Waals surface area contributed by atoms with Crippen LogP contribution in [0.2, 0.25) is 0 Å². The number of nitrogens with zero attached hydrogens (tertiary/aromatic N) is 1. The van der Waals surface area contributed by atoms with Gasteiger partial charge in [-0.15, -0.1) is 0 Å². The summed E-state index contributed by atoms with van der Waals surface area (Å²) in [5.74, 6) is 2.66. The highest BCUT2D eigenvalue weighted by Crippen LogP contribution is 2.40. The Morgan fingerprint density at radius 3 is 2.60 bits per heavy atom. The highest BCUT2D eigenvalue weighted by atomic mass is 15.2. The van der Waals surface area contributed by atoms with Crippen molar-refractivity contribution in [3.8, 4) is 0 Å². The third kappa shape index (κ3) is 3.57. The minimum Gasteiger partial charge on any atom is -0.329 e. The van der Waals surface area contributed by atoms with Crippen LogP contribution in [0.1, 0.15) is 72.1 Å². The summed E-state index contributed by atoms with van der Waals surface area (Å²) in [6, 6.07) is 0. The Morgan fingerprint density at radius 2 is 1.95 bits per heavy atom. The SMILES string of the molecule is CCC1CCCN(C2(CN)CCCC(C(C)C)C2)CC1. The van der Waals surface area contributed by atoms with Crippen molar-refractivity contribution in [3.05, 3.63) is 0 Å². The lowest BCUT2D eigenvalue weighted by molar-refractivity contribution is 0.0270. The van der Waals surface area contributed by atoms with Gasteiger partial charge in [-0.05, 0) is 62.9 Å². The Bertz CT molecular complexity index is 289. The van der Waals surface area contributed by atoms with Crippen LogP contribution in [0.15, 0.2) is 0 Å². The fourth-order valence-corrected chi connectivity index (χ4v) is 4.60. The van der Waals surface area contributed by atoms with Gasteiger partial charge < -0.3 is 5.73 Å². The molecule has 2 nitrogen and oxygen atoms in total. The first-order valence-corrected chi connectivity index (χ1v) is 9.06. The van der Waals surface area contributed by atoms with Gasteiger partial charge in [0, 0.05) is 12.1 Å². The van der Waals surface area contributed by atoms with E-state index in [9.17, 15) is 0 Å². The Hall–Kier alpha value is -0.0800. The van der Waals surface area contributed by atoms with Crippen LogP contribution >= 0.6 is 0 Å². The van der Waals surface area contributed by atoms with Gasteiger partial charge in [0.2, 0.25) is 0 Å². The molecule has 2 aliphatic rings. The lowest BCUT2D eigenvalue weighted by Crippen LogP contribution is -2.57. The Kier molecular flexibility index (Phi) is 5.92. The molecule has 3 atom stereocenters. The van der Waals surface area contributed by atoms with Crippen LogP contribution in [0.25, 0.3) is 0 Å². The molecule has 118 valence electrons. The van der Waals surface area contributed by atoms with Crippen molar-refractivity contribution in [2.75, 3.05) is 19.6 Å². The summed E-state index contributed by atoms with van der Waals surface area (Å²) in [5, 5.41) is 0. The summed E-state index contributed by atoms with van der Waals surface area (Å²) in [4.78, 5) is 2.80. The minimum atomic E-state index is 0.329. The maximum Gasteiger partial charge on any atom is 0.0334 e. The van der Waals surface area contributed by atoms with Gasteiger partial charge in [-0.2, -0.15) is 0 Å². The van der Waals surface area contributed by atoms with Crippen LogP contribution in [-0.2, 0) is 0 Å². The molecule has 0 aromatic rings. The van der Waals surface area contributed by atoms with E-state index >= 15 is 0 Å². The van der Waals surface area contributed by atoms with Crippen molar-refractivity contribution in [3.63, 3.8) is 0 Å². The predicted molar refractivity (Wildman–Crippen MR) is 87.8 cm³/mol. The van der Waals surface area contributed by atoms with Crippen LogP contribution in [0, 0.1) is 17.8 Å². The number of rotatable bonds is 4. The first kappa shape index (κ1) is 16.3. The van der Waals surface area contributed by atoms with Gasteiger partial charge >= 0.3 is 0 Å². The summed E-state index contributed by atoms with van der Waals surface area (Å²) in [7, 11) is 0. The summed E-state index contributed by atoms with van der Waals surface area (Å²) in [5.41, 5.74) is 6.64. The quantitative estimate of drug-likeness (QED) is 0.842. The van der Waals surface area contributed by atoms with Crippen molar-refractivity contribution in [2.45, 2.75) is 77.7 Å². The average Bonchev–Trinajstić information content (AvgIpc) is 2.73. The minimum absolute atomic E-state index is 0.329. The fourth-order valence-electron chi connectivity index (χ4n) is 4.60. The van der Waals surface area contributed by atoms with Crippen LogP contribution in [0.5, 0.6) is 0 Å². The fraction of sp³-hybridized carbons (Fsp3) is 1.00. The normalized spacial score (nSPS) is 37.0. The lowest BCUT2D eigenvalue weighted by atomic mass is 9.70. The van der Waals surface area contributed by atoms with Gasteiger partial charge in [0.15, 0.2) is 0 Å². The second kappa shape index (κ2) is 7.26. The maximum absolute atomic E-state index is 6.31. The highest BCUT2D eigenvalue weighted by molar-refractivity contribution is 4.98. The van der Waals surface area contributed by atoms with Crippen molar-refractivity contribution in [2.24, 2.45) is 23.5 Å². The third-order valence-electron chi connectivity index (χ3n) is 6.28. The Balaban J connectivity index is 2.05. The van der Waals surface area contributed by atoms with Crippen LogP contribution in [-0.4, -0.2) is 30.1 Å². The molecule has 2 fully saturated rings. The van der Waals surface area contributed by atoms with E-state index in [1.807, 2.05) is 0 Å². The van der Waals surface area contributed by atoms with Crippen LogP contribution < -0.4 is 5.73 Å². The summed E-state index contributed by atoms with van der Waals surface area (Å²) < 4.78 is 0. The molecule has 0 bridgehead atoms. The molecule has 3 unspecified atom stereocenters. The molecular formula is C18H36N2. The molecule has 0 spiro atoms. The molecule has 2 N–H and O–H groups in total. The third-order valence-corrected chi connectivity index (χ3v) is 6.28. The second-order valence-corrected chi connectivity index (χ2v) is 7.72. The molecule has 1 saturated carbocycles. The number of hydrogen-bond acceptors (Lipinski definition) is 2. The van der Waals surface area contributed by atoms with Crippen LogP contribution in [0.4, 0.5) is 0 Å². The van der Waals surface area contributed by atoms with E-state index in [0.717, 1.165) is 24.3 Å². The zero-order chi connectivity index (χ0) is 14.6. The largest absolute Gasteiger partial charge is 0.329 e. The topological polar surface area (TPSA) is 29.3 Å². The monoisotopic (exact) mass is 280 g/mol. The van der Waals surface area contributed by atoms with Crippen molar-refractivity contribution in [1.82, 2.24) is 4.90 Å². The first-order chi connectivity index (χ1) is 9.61. The van der Waals surface area contributed by atoms with Gasteiger partial charge in [-0.3, -0.25) is 4.90 Å². The molecule has 1 heterocycles. The van der Waals surface area contributed by atoms with E-state index in [1.54, 1.807) is 0 Å². The first-order valence-electron chi connectivity index (χ1n) is 9.06. The molecule has 2 rings (SSSR count). The van der Waals surface area contributed by atoms with Gasteiger partial charge in [0.05, 0.1) is 0 Å². The zero-order valence-electron chi connectivity index (χ0n) is 14.0. The second-order valence-electron chi connectivity index (χ2n) is 7.72. The van der Waals surface area contributed by atoms with Crippen molar-refractivity contribution < 1.29 is 0 Å². The van der Waals surface area contributed by atoms with Crippen molar-refractivity contribution >= 4 is 0 Å². The van der Waals surface area contributed by atoms with Crippen molar-refractivity contribution in [1.29, 1.82) is 0 Å². The maximum atomic E-state index is 6.31. The predicted octanol–water partition coefficient (Wildman–Crippen LogP) is 4.04. The lowest BCUT2D eigenvalue weighted by Gasteiger charge is -2.49. The van der Waals surface area contributed by atoms with Gasteiger partial charge in [-0.1, -0.05) is 40.0 Å². The van der Waals surface area contributed by atoms with E-state index in [-0.39, 0.29) is 0 Å². The van der Waals surface area contributed by atoms with E-state index in [1.165, 1.54) is 64.5 Å². The average molecular weight is 280 g/mol. The zero-order valence-corrected chi connectivity index (χ0v) is 14.0. The smallest absolute Gasteiger partial charge is 0.0334 e. The van der Waals surface area contributed by atoms with E-state index in [2.05, 4.69) is 25.7 Å². The molecule has 1 aliphatic carbocycles. The Labute approximate surface area is 126 Å². The molecular weight excluding hydrogens is 244 g/mol. The summed E-state index contributed by atoms with van der Waals surface area (Å²) in [6.45, 7) is 10.6. The molecule has 0 aromatic heterocycles. The van der Waals surface area contributed by atoms with Gasteiger partial charge in [0.1, 0.15) is 0 Å². The number of nitrogens with two attached hydrogens (primary N) is 1. The van der Waals surface area contributed by atoms with E-state index in [0.29, 0.717) is 5.54 Å². The highest BCUT2D eigenvalue weighted by Gasteiger charge is 2.41. The van der Waals surface area contributed by atoms with Gasteiger partial charge in [-0.25, -0.2) is 0 Å². The molecule has 0 amide bonds. The standard InChI is InChI=1S/C18H36N2/c1-4-16-7-6-11-20(12-9-16)18(14-19)10-5-8-17(13-18)15(2)3/h15-17H,4-14,19H2,1-3H3.